The third-order valence-electron chi connectivity index (χ3n) is 2.66. The molecule has 0 unspecified atom stereocenters. The summed E-state index contributed by atoms with van der Waals surface area (Å²) in [5.74, 6) is 0.541. The smallest absolute Gasteiger partial charge is 0.330 e. The van der Waals surface area contributed by atoms with Gasteiger partial charge in [0.05, 0.1) is 12.8 Å². The Morgan fingerprint density at radius 2 is 1.89 bits per heavy atom. The van der Waals surface area contributed by atoms with E-state index in [1.165, 1.54) is 0 Å². The molecule has 0 amide bonds. The standard InChI is InChI=1S/C13H15O4P/c1-2-17-13-8-7-10-5-3-4-6-11(10)12(13)9-18(14,15)16/h3-8H,2,9H2,1H3,(H2,14,15,16). The second-order valence-corrected chi connectivity index (χ2v) is 5.66. The highest BCUT2D eigenvalue weighted by atomic mass is 31.2. The van der Waals surface area contributed by atoms with E-state index >= 15 is 0 Å². The summed E-state index contributed by atoms with van der Waals surface area (Å²) < 4.78 is 16.7. The van der Waals surface area contributed by atoms with Crippen molar-refractivity contribution in [2.45, 2.75) is 13.1 Å². The SMILES string of the molecule is CCOc1ccc2ccccc2c1CP(=O)(O)O. The molecular formula is C13H15O4P. The van der Waals surface area contributed by atoms with Crippen molar-refractivity contribution < 1.29 is 19.1 Å². The quantitative estimate of drug-likeness (QED) is 0.835. The molecule has 2 N–H and O–H groups in total. The van der Waals surface area contributed by atoms with Crippen LogP contribution in [-0.2, 0) is 10.7 Å². The lowest BCUT2D eigenvalue weighted by Crippen LogP contribution is -1.98. The Bertz CT molecular complexity index is 603. The fourth-order valence-corrected chi connectivity index (χ4v) is 2.71. The summed E-state index contributed by atoms with van der Waals surface area (Å²) in [4.78, 5) is 18.4. The maximum Gasteiger partial charge on any atom is 0.330 e. The van der Waals surface area contributed by atoms with Gasteiger partial charge in [0.25, 0.3) is 0 Å². The van der Waals surface area contributed by atoms with Crippen molar-refractivity contribution in [2.75, 3.05) is 6.61 Å². The minimum Gasteiger partial charge on any atom is -0.494 e. The number of rotatable bonds is 4. The van der Waals surface area contributed by atoms with Crippen molar-refractivity contribution >= 4 is 18.4 Å². The van der Waals surface area contributed by atoms with Crippen LogP contribution in [0.5, 0.6) is 5.75 Å². The maximum atomic E-state index is 11.2. The number of fused-ring (bicyclic) bond motifs is 1. The van der Waals surface area contributed by atoms with Crippen molar-refractivity contribution in [2.24, 2.45) is 0 Å². The molecule has 2 aromatic carbocycles. The van der Waals surface area contributed by atoms with Gasteiger partial charge in [0.1, 0.15) is 5.75 Å². The molecule has 18 heavy (non-hydrogen) atoms. The Morgan fingerprint density at radius 3 is 2.56 bits per heavy atom. The van der Waals surface area contributed by atoms with Gasteiger partial charge in [-0.1, -0.05) is 30.3 Å². The second-order valence-electron chi connectivity index (χ2n) is 4.02. The number of hydrogen-bond acceptors (Lipinski definition) is 2. The Labute approximate surface area is 105 Å². The minimum atomic E-state index is -4.12. The first kappa shape index (κ1) is 13.1. The lowest BCUT2D eigenvalue weighted by atomic mass is 10.0. The first-order chi connectivity index (χ1) is 8.51. The van der Waals surface area contributed by atoms with E-state index in [4.69, 9.17) is 4.74 Å². The van der Waals surface area contributed by atoms with Crippen LogP contribution < -0.4 is 4.74 Å². The van der Waals surface area contributed by atoms with E-state index in [1.807, 2.05) is 37.3 Å². The van der Waals surface area contributed by atoms with Crippen LogP contribution >= 0.6 is 7.60 Å². The lowest BCUT2D eigenvalue weighted by Gasteiger charge is -2.14. The van der Waals surface area contributed by atoms with Gasteiger partial charge in [-0.3, -0.25) is 4.57 Å². The fourth-order valence-electron chi connectivity index (χ4n) is 1.98. The molecule has 0 aliphatic carbocycles. The number of hydrogen-bond donors (Lipinski definition) is 2. The largest absolute Gasteiger partial charge is 0.494 e. The molecule has 2 aromatic rings. The monoisotopic (exact) mass is 266 g/mol. The summed E-state index contributed by atoms with van der Waals surface area (Å²) in [6.45, 7) is 2.31. The van der Waals surface area contributed by atoms with Crippen LogP contribution in [0.3, 0.4) is 0 Å². The molecule has 0 aliphatic rings. The Kier molecular flexibility index (Phi) is 3.71. The molecule has 96 valence electrons. The molecular weight excluding hydrogens is 251 g/mol. The summed E-state index contributed by atoms with van der Waals surface area (Å²) in [7, 11) is -4.12. The van der Waals surface area contributed by atoms with Gasteiger partial charge in [-0.2, -0.15) is 0 Å². The molecule has 0 radical (unpaired) electrons. The summed E-state index contributed by atoms with van der Waals surface area (Å²) in [6, 6.07) is 11.2. The molecule has 4 nitrogen and oxygen atoms in total. The second kappa shape index (κ2) is 5.11. The average Bonchev–Trinajstić information content (AvgIpc) is 2.31. The van der Waals surface area contributed by atoms with E-state index in [2.05, 4.69) is 0 Å². The van der Waals surface area contributed by atoms with E-state index in [0.29, 0.717) is 17.9 Å². The molecule has 0 saturated heterocycles. The summed E-state index contributed by atoms with van der Waals surface area (Å²) >= 11 is 0. The molecule has 0 atom stereocenters. The topological polar surface area (TPSA) is 66.8 Å². The van der Waals surface area contributed by atoms with Crippen LogP contribution in [0.25, 0.3) is 10.8 Å². The third kappa shape index (κ3) is 2.91. The first-order valence-electron chi connectivity index (χ1n) is 5.69. The average molecular weight is 266 g/mol. The van der Waals surface area contributed by atoms with Gasteiger partial charge in [-0.05, 0) is 23.8 Å². The molecule has 0 aromatic heterocycles. The van der Waals surface area contributed by atoms with Crippen LogP contribution in [0.4, 0.5) is 0 Å². The highest BCUT2D eigenvalue weighted by Crippen LogP contribution is 2.43. The van der Waals surface area contributed by atoms with E-state index < -0.39 is 7.60 Å². The van der Waals surface area contributed by atoms with Crippen LogP contribution in [-0.4, -0.2) is 16.4 Å². The highest BCUT2D eigenvalue weighted by Gasteiger charge is 2.19. The van der Waals surface area contributed by atoms with E-state index in [0.717, 1.165) is 10.8 Å². The van der Waals surface area contributed by atoms with Crippen molar-refractivity contribution in [3.63, 3.8) is 0 Å². The third-order valence-corrected chi connectivity index (χ3v) is 3.39. The van der Waals surface area contributed by atoms with Gasteiger partial charge in [-0.15, -0.1) is 0 Å². The van der Waals surface area contributed by atoms with Crippen LogP contribution in [0.15, 0.2) is 36.4 Å². The van der Waals surface area contributed by atoms with E-state index in [-0.39, 0.29) is 6.16 Å². The van der Waals surface area contributed by atoms with Crippen molar-refractivity contribution in [1.29, 1.82) is 0 Å². The van der Waals surface area contributed by atoms with Gasteiger partial charge >= 0.3 is 7.60 Å². The number of benzene rings is 2. The van der Waals surface area contributed by atoms with Crippen LogP contribution in [0, 0.1) is 0 Å². The van der Waals surface area contributed by atoms with Crippen molar-refractivity contribution in [3.05, 3.63) is 42.0 Å². The van der Waals surface area contributed by atoms with Crippen molar-refractivity contribution in [3.8, 4) is 5.75 Å². The molecule has 5 heteroatoms. The maximum absolute atomic E-state index is 11.2. The van der Waals surface area contributed by atoms with E-state index in [1.54, 1.807) is 6.07 Å². The molecule has 0 spiro atoms. The fraction of sp³-hybridized carbons (Fsp3) is 0.231. The van der Waals surface area contributed by atoms with Crippen LogP contribution in [0.1, 0.15) is 12.5 Å². The van der Waals surface area contributed by atoms with Gasteiger partial charge in [-0.25, -0.2) is 0 Å². The zero-order chi connectivity index (χ0) is 13.2. The van der Waals surface area contributed by atoms with Gasteiger partial charge < -0.3 is 14.5 Å². The normalized spacial score (nSPS) is 11.7. The molecule has 2 rings (SSSR count). The molecule has 0 aliphatic heterocycles. The summed E-state index contributed by atoms with van der Waals surface area (Å²) in [5.41, 5.74) is 0.572. The predicted molar refractivity (Wildman–Crippen MR) is 70.9 cm³/mol. The first-order valence-corrected chi connectivity index (χ1v) is 7.49. The predicted octanol–water partition coefficient (Wildman–Crippen LogP) is 2.92. The molecule has 0 fully saturated rings. The van der Waals surface area contributed by atoms with Crippen LogP contribution in [0.2, 0.25) is 0 Å². The molecule has 0 bridgehead atoms. The Balaban J connectivity index is 2.62. The highest BCUT2D eigenvalue weighted by molar-refractivity contribution is 7.50. The minimum absolute atomic E-state index is 0.302. The van der Waals surface area contributed by atoms with E-state index in [9.17, 15) is 14.4 Å². The van der Waals surface area contributed by atoms with Crippen molar-refractivity contribution in [1.82, 2.24) is 0 Å². The van der Waals surface area contributed by atoms with Gasteiger partial charge in [0.15, 0.2) is 0 Å². The molecule has 0 heterocycles. The van der Waals surface area contributed by atoms with Gasteiger partial charge in [0, 0.05) is 5.56 Å². The number of ether oxygens (including phenoxy) is 1. The summed E-state index contributed by atoms with van der Waals surface area (Å²) in [6.07, 6.45) is -0.302. The molecule has 0 saturated carbocycles. The Morgan fingerprint density at radius 1 is 1.17 bits per heavy atom. The zero-order valence-corrected chi connectivity index (χ0v) is 10.9. The van der Waals surface area contributed by atoms with Gasteiger partial charge in [0.2, 0.25) is 0 Å². The Hall–Kier alpha value is -1.35. The summed E-state index contributed by atoms with van der Waals surface area (Å²) in [5, 5.41) is 1.77. The lowest BCUT2D eigenvalue weighted by molar-refractivity contribution is 0.335. The zero-order valence-electron chi connectivity index (χ0n) is 10.0.